The Morgan fingerprint density at radius 2 is 1.71 bits per heavy atom. The molecule has 0 radical (unpaired) electrons. The van der Waals surface area contributed by atoms with Crippen LogP contribution in [-0.4, -0.2) is 29.8 Å². The summed E-state index contributed by atoms with van der Waals surface area (Å²) in [6, 6.07) is 13.8. The van der Waals surface area contributed by atoms with Crippen LogP contribution in [0, 0.1) is 5.82 Å². The highest BCUT2D eigenvalue weighted by atomic mass is 19.1. The lowest BCUT2D eigenvalue weighted by atomic mass is 10.0. The second-order valence-electron chi connectivity index (χ2n) is 5.86. The highest BCUT2D eigenvalue weighted by molar-refractivity contribution is 5.97. The van der Waals surface area contributed by atoms with Crippen LogP contribution in [0.2, 0.25) is 0 Å². The van der Waals surface area contributed by atoms with Crippen LogP contribution < -0.4 is 5.32 Å². The third-order valence-electron chi connectivity index (χ3n) is 4.16. The number of benzene rings is 2. The summed E-state index contributed by atoms with van der Waals surface area (Å²) in [5, 5.41) is 2.76. The van der Waals surface area contributed by atoms with E-state index >= 15 is 0 Å². The molecule has 4 nitrogen and oxygen atoms in total. The quantitative estimate of drug-likeness (QED) is 0.939. The van der Waals surface area contributed by atoms with Gasteiger partial charge in [-0.15, -0.1) is 0 Å². The summed E-state index contributed by atoms with van der Waals surface area (Å²) in [5.41, 5.74) is 0.921. The van der Waals surface area contributed by atoms with Crippen LogP contribution in [0.3, 0.4) is 0 Å². The van der Waals surface area contributed by atoms with E-state index in [2.05, 4.69) is 5.32 Å². The number of nitrogens with zero attached hydrogens (tertiary/aromatic N) is 1. The Morgan fingerprint density at radius 1 is 1.00 bits per heavy atom. The summed E-state index contributed by atoms with van der Waals surface area (Å²) in [6.45, 7) is 1.41. The molecule has 0 aromatic heterocycles. The molecular weight excluding hydrogens is 307 g/mol. The first kappa shape index (κ1) is 16.2. The lowest BCUT2D eigenvalue weighted by Gasteiger charge is -2.24. The summed E-state index contributed by atoms with van der Waals surface area (Å²) in [4.78, 5) is 27.0. The topological polar surface area (TPSA) is 49.4 Å². The first-order valence-electron chi connectivity index (χ1n) is 8.05. The van der Waals surface area contributed by atoms with Crippen molar-refractivity contribution < 1.29 is 14.0 Å². The molecule has 2 aromatic rings. The maximum Gasteiger partial charge on any atom is 0.252 e. The van der Waals surface area contributed by atoms with Crippen molar-refractivity contribution in [2.24, 2.45) is 0 Å². The van der Waals surface area contributed by atoms with Crippen molar-refractivity contribution in [3.63, 3.8) is 0 Å². The van der Waals surface area contributed by atoms with Crippen molar-refractivity contribution >= 4 is 11.8 Å². The van der Waals surface area contributed by atoms with Gasteiger partial charge in [0, 0.05) is 18.7 Å². The Labute approximate surface area is 140 Å². The van der Waals surface area contributed by atoms with Gasteiger partial charge in [0.2, 0.25) is 5.91 Å². The first-order chi connectivity index (χ1) is 11.6. The van der Waals surface area contributed by atoms with E-state index < -0.39 is 17.8 Å². The van der Waals surface area contributed by atoms with E-state index in [1.165, 1.54) is 18.2 Å². The number of likely N-dealkylation sites (tertiary alicyclic amines) is 1. The van der Waals surface area contributed by atoms with Crippen molar-refractivity contribution in [2.45, 2.75) is 18.9 Å². The Hall–Kier alpha value is -2.69. The van der Waals surface area contributed by atoms with Gasteiger partial charge in [-0.2, -0.15) is 0 Å². The van der Waals surface area contributed by atoms with Crippen LogP contribution >= 0.6 is 0 Å². The molecule has 1 atom stereocenters. The number of hydrogen-bond donors (Lipinski definition) is 1. The van der Waals surface area contributed by atoms with E-state index in [0.717, 1.165) is 24.5 Å². The Balaban J connectivity index is 1.84. The smallest absolute Gasteiger partial charge is 0.252 e. The second kappa shape index (κ2) is 7.25. The minimum atomic E-state index is -0.764. The van der Waals surface area contributed by atoms with Crippen LogP contribution in [0.25, 0.3) is 0 Å². The molecule has 0 aliphatic carbocycles. The standard InChI is InChI=1S/C19H19FN2O2/c20-16-10-6-9-15(13-16)18(23)21-17(14-7-2-1-3-8-14)19(24)22-11-4-5-12-22/h1-3,6-10,13,17H,4-5,11-12H2,(H,21,23)/t17-/m0/s1. The van der Waals surface area contributed by atoms with E-state index in [0.29, 0.717) is 13.1 Å². The Kier molecular flexibility index (Phi) is 4.89. The maximum absolute atomic E-state index is 13.3. The lowest BCUT2D eigenvalue weighted by Crippen LogP contribution is -2.41. The fourth-order valence-electron chi connectivity index (χ4n) is 2.90. The van der Waals surface area contributed by atoms with Gasteiger partial charge in [-0.25, -0.2) is 4.39 Å². The maximum atomic E-state index is 13.3. The minimum Gasteiger partial charge on any atom is -0.341 e. The normalized spacial score (nSPS) is 15.1. The molecule has 0 saturated carbocycles. The zero-order valence-corrected chi connectivity index (χ0v) is 13.2. The molecule has 124 valence electrons. The third kappa shape index (κ3) is 3.62. The summed E-state index contributed by atoms with van der Waals surface area (Å²) >= 11 is 0. The summed E-state index contributed by atoms with van der Waals surface area (Å²) in [7, 11) is 0. The van der Waals surface area contributed by atoms with Crippen molar-refractivity contribution in [3.05, 3.63) is 71.5 Å². The number of halogens is 1. The van der Waals surface area contributed by atoms with Crippen molar-refractivity contribution in [3.8, 4) is 0 Å². The van der Waals surface area contributed by atoms with Gasteiger partial charge in [0.1, 0.15) is 11.9 Å². The van der Waals surface area contributed by atoms with Gasteiger partial charge in [0.05, 0.1) is 0 Å². The highest BCUT2D eigenvalue weighted by Crippen LogP contribution is 2.20. The van der Waals surface area contributed by atoms with Crippen LogP contribution in [0.5, 0.6) is 0 Å². The van der Waals surface area contributed by atoms with E-state index in [-0.39, 0.29) is 11.5 Å². The molecule has 24 heavy (non-hydrogen) atoms. The molecule has 1 heterocycles. The molecule has 1 fully saturated rings. The lowest BCUT2D eigenvalue weighted by molar-refractivity contribution is -0.132. The van der Waals surface area contributed by atoms with Gasteiger partial charge < -0.3 is 10.2 Å². The number of carbonyl (C=O) groups is 2. The fourth-order valence-corrected chi connectivity index (χ4v) is 2.90. The predicted molar refractivity (Wildman–Crippen MR) is 88.9 cm³/mol. The second-order valence-corrected chi connectivity index (χ2v) is 5.86. The van der Waals surface area contributed by atoms with Gasteiger partial charge in [-0.3, -0.25) is 9.59 Å². The van der Waals surface area contributed by atoms with Gasteiger partial charge >= 0.3 is 0 Å². The molecule has 2 amide bonds. The van der Waals surface area contributed by atoms with Crippen LogP contribution in [0.4, 0.5) is 4.39 Å². The number of nitrogens with one attached hydrogen (secondary N) is 1. The van der Waals surface area contributed by atoms with E-state index in [9.17, 15) is 14.0 Å². The van der Waals surface area contributed by atoms with Gasteiger partial charge in [0.15, 0.2) is 0 Å². The zero-order valence-electron chi connectivity index (χ0n) is 13.2. The van der Waals surface area contributed by atoms with Gasteiger partial charge in [-0.1, -0.05) is 36.4 Å². The molecule has 3 rings (SSSR count). The van der Waals surface area contributed by atoms with Crippen molar-refractivity contribution in [2.75, 3.05) is 13.1 Å². The number of rotatable bonds is 4. The zero-order chi connectivity index (χ0) is 16.9. The average molecular weight is 326 g/mol. The molecule has 1 aliphatic rings. The molecule has 0 unspecified atom stereocenters. The number of amides is 2. The Bertz CT molecular complexity index is 727. The first-order valence-corrected chi connectivity index (χ1v) is 8.05. The molecule has 2 aromatic carbocycles. The monoisotopic (exact) mass is 326 g/mol. The van der Waals surface area contributed by atoms with Crippen LogP contribution in [-0.2, 0) is 4.79 Å². The van der Waals surface area contributed by atoms with E-state index in [4.69, 9.17) is 0 Å². The average Bonchev–Trinajstić information content (AvgIpc) is 3.14. The predicted octanol–water partition coefficient (Wildman–Crippen LogP) is 2.92. The van der Waals surface area contributed by atoms with Crippen LogP contribution in [0.1, 0.15) is 34.8 Å². The van der Waals surface area contributed by atoms with E-state index in [1.807, 2.05) is 30.3 Å². The third-order valence-corrected chi connectivity index (χ3v) is 4.16. The molecular formula is C19H19FN2O2. The summed E-state index contributed by atoms with van der Waals surface area (Å²) < 4.78 is 13.3. The van der Waals surface area contributed by atoms with E-state index in [1.54, 1.807) is 4.90 Å². The highest BCUT2D eigenvalue weighted by Gasteiger charge is 2.29. The van der Waals surface area contributed by atoms with Crippen molar-refractivity contribution in [1.29, 1.82) is 0 Å². The van der Waals surface area contributed by atoms with Gasteiger partial charge in [-0.05, 0) is 36.6 Å². The number of carbonyl (C=O) groups excluding carboxylic acids is 2. The summed E-state index contributed by atoms with van der Waals surface area (Å²) in [6.07, 6.45) is 1.95. The molecule has 1 saturated heterocycles. The van der Waals surface area contributed by atoms with Crippen molar-refractivity contribution in [1.82, 2.24) is 10.2 Å². The molecule has 5 heteroatoms. The van der Waals surface area contributed by atoms with Crippen LogP contribution in [0.15, 0.2) is 54.6 Å². The SMILES string of the molecule is O=C(N[C@H](C(=O)N1CCCC1)c1ccccc1)c1cccc(F)c1. The molecule has 0 bridgehead atoms. The molecule has 0 spiro atoms. The minimum absolute atomic E-state index is 0.122. The number of hydrogen-bond acceptors (Lipinski definition) is 2. The molecule has 1 aliphatic heterocycles. The summed E-state index contributed by atoms with van der Waals surface area (Å²) in [5.74, 6) is -1.07. The Morgan fingerprint density at radius 3 is 2.38 bits per heavy atom. The van der Waals surface area contributed by atoms with Gasteiger partial charge in [0.25, 0.3) is 5.91 Å². The molecule has 1 N–H and O–H groups in total. The largest absolute Gasteiger partial charge is 0.341 e. The fraction of sp³-hybridized carbons (Fsp3) is 0.263.